The predicted molar refractivity (Wildman–Crippen MR) is 100.0 cm³/mol. The zero-order chi connectivity index (χ0) is 24.4. The van der Waals surface area contributed by atoms with E-state index in [0.717, 1.165) is 4.68 Å². The maximum atomic E-state index is 13.1. The summed E-state index contributed by atoms with van der Waals surface area (Å²) in [6.07, 6.45) is -7.34. The van der Waals surface area contributed by atoms with Gasteiger partial charge in [-0.25, -0.2) is 15.0 Å². The van der Waals surface area contributed by atoms with E-state index in [9.17, 15) is 31.1 Å². The van der Waals surface area contributed by atoms with Crippen LogP contribution in [0.4, 0.5) is 32.3 Å². The van der Waals surface area contributed by atoms with E-state index >= 15 is 0 Å². The van der Waals surface area contributed by atoms with Crippen molar-refractivity contribution in [2.45, 2.75) is 18.9 Å². The Morgan fingerprint density at radius 3 is 2.15 bits per heavy atom. The second kappa shape index (κ2) is 9.01. The Labute approximate surface area is 182 Å². The number of carbonyl (C=O) groups is 1. The lowest BCUT2D eigenvalue weighted by Gasteiger charge is -2.14. The Morgan fingerprint density at radius 1 is 1.06 bits per heavy atom. The maximum absolute atomic E-state index is 13.1. The van der Waals surface area contributed by atoms with Gasteiger partial charge in [0.25, 0.3) is 17.8 Å². The number of rotatable bonds is 6. The lowest BCUT2D eigenvalue weighted by atomic mass is 10.0. The number of benzene rings is 1. The number of anilines is 1. The van der Waals surface area contributed by atoms with Gasteiger partial charge in [-0.15, -0.1) is 5.10 Å². The Balaban J connectivity index is 1.91. The van der Waals surface area contributed by atoms with Gasteiger partial charge in [0.1, 0.15) is 0 Å². The van der Waals surface area contributed by atoms with Crippen LogP contribution in [0.2, 0.25) is 0 Å². The van der Waals surface area contributed by atoms with Crippen LogP contribution in [0.1, 0.15) is 27.3 Å². The molecule has 0 fully saturated rings. The Morgan fingerprint density at radius 2 is 1.64 bits per heavy atom. The Bertz CT molecular complexity index is 1100. The number of halogens is 6. The highest BCUT2D eigenvalue weighted by Crippen LogP contribution is 2.36. The highest BCUT2D eigenvalue weighted by atomic mass is 19.4. The summed E-state index contributed by atoms with van der Waals surface area (Å²) in [5.41, 5.74) is -4.03. The quantitative estimate of drug-likeness (QED) is 0.432. The van der Waals surface area contributed by atoms with E-state index in [1.54, 1.807) is 0 Å². The number of carbonyl (C=O) groups excluding carboxylic acids is 1. The summed E-state index contributed by atoms with van der Waals surface area (Å²) < 4.78 is 79.4. The van der Waals surface area contributed by atoms with E-state index in [1.165, 1.54) is 37.7 Å². The van der Waals surface area contributed by atoms with Crippen LogP contribution in [-0.4, -0.2) is 44.8 Å². The van der Waals surface area contributed by atoms with E-state index in [2.05, 4.69) is 25.4 Å². The molecular weight excluding hydrogens is 460 g/mol. The van der Waals surface area contributed by atoms with Gasteiger partial charge in [0.15, 0.2) is 5.82 Å². The van der Waals surface area contributed by atoms with Gasteiger partial charge < -0.3 is 5.32 Å². The molecule has 1 amide bonds. The number of nitrogens with zero attached hydrogens (tertiary/aromatic N) is 6. The molecule has 0 aliphatic heterocycles. The topological polar surface area (TPSA) is 98.1 Å². The number of amides is 1. The third-order valence-electron chi connectivity index (χ3n) is 4.22. The second-order valence-corrected chi connectivity index (χ2v) is 6.45. The number of hydrogen-bond acceptors (Lipinski definition) is 7. The highest BCUT2D eigenvalue weighted by molar-refractivity contribution is 5.94. The number of aromatic nitrogens is 5. The van der Waals surface area contributed by atoms with Crippen molar-refractivity contribution in [1.29, 1.82) is 0 Å². The molecule has 0 aliphatic rings. The molecule has 0 unspecified atom stereocenters. The van der Waals surface area contributed by atoms with Crippen LogP contribution in [0.15, 0.2) is 36.7 Å². The fraction of sp³-hybridized carbons (Fsp3) is 0.278. The minimum absolute atomic E-state index is 0.0348. The first-order valence-electron chi connectivity index (χ1n) is 8.99. The lowest BCUT2D eigenvalue weighted by Crippen LogP contribution is -2.26. The molecule has 0 spiro atoms. The third-order valence-corrected chi connectivity index (χ3v) is 4.22. The van der Waals surface area contributed by atoms with Crippen LogP contribution in [0.3, 0.4) is 0 Å². The zero-order valence-electron chi connectivity index (χ0n) is 16.9. The molecule has 0 saturated carbocycles. The van der Waals surface area contributed by atoms with Crippen LogP contribution >= 0.6 is 0 Å². The van der Waals surface area contributed by atoms with E-state index in [1.807, 2.05) is 0 Å². The smallest absolute Gasteiger partial charge is 0.345 e. The molecule has 2 heterocycles. The molecule has 0 radical (unpaired) electrons. The molecule has 0 aliphatic carbocycles. The minimum atomic E-state index is -5.08. The van der Waals surface area contributed by atoms with Crippen molar-refractivity contribution in [2.24, 2.45) is 0 Å². The number of hydroxylamine groups is 1. The summed E-state index contributed by atoms with van der Waals surface area (Å²) in [7, 11) is 2.82. The lowest BCUT2D eigenvalue weighted by molar-refractivity contribution is -0.143. The molecule has 33 heavy (non-hydrogen) atoms. The van der Waals surface area contributed by atoms with Crippen molar-refractivity contribution in [2.75, 3.05) is 19.2 Å². The van der Waals surface area contributed by atoms with Crippen LogP contribution < -0.4 is 10.4 Å². The molecular formula is C18H15F6N7O2. The van der Waals surface area contributed by atoms with Gasteiger partial charge in [0.2, 0.25) is 0 Å². The first-order chi connectivity index (χ1) is 15.4. The average Bonchev–Trinajstić information content (AvgIpc) is 3.20. The molecule has 1 N–H and O–H groups in total. The van der Waals surface area contributed by atoms with E-state index in [0.29, 0.717) is 12.1 Å². The molecule has 1 aromatic carbocycles. The largest absolute Gasteiger partial charge is 0.416 e. The fourth-order valence-corrected chi connectivity index (χ4v) is 2.57. The first-order valence-corrected chi connectivity index (χ1v) is 8.99. The van der Waals surface area contributed by atoms with Gasteiger partial charge in [0, 0.05) is 25.0 Å². The van der Waals surface area contributed by atoms with Crippen LogP contribution in [0, 0.1) is 0 Å². The van der Waals surface area contributed by atoms with Gasteiger partial charge >= 0.3 is 12.4 Å². The summed E-state index contributed by atoms with van der Waals surface area (Å²) in [6, 6.07) is 2.14. The van der Waals surface area contributed by atoms with Crippen LogP contribution in [-0.2, 0) is 23.7 Å². The summed E-state index contributed by atoms with van der Waals surface area (Å²) >= 11 is 0. The Hall–Kier alpha value is -3.75. The molecule has 3 aromatic rings. The van der Waals surface area contributed by atoms with Crippen molar-refractivity contribution in [3.63, 3.8) is 0 Å². The van der Waals surface area contributed by atoms with E-state index in [4.69, 9.17) is 4.84 Å². The summed E-state index contributed by atoms with van der Waals surface area (Å²) in [6.45, 7) is -0.417. The Kier molecular flexibility index (Phi) is 6.53. The molecule has 15 heteroatoms. The monoisotopic (exact) mass is 475 g/mol. The second-order valence-electron chi connectivity index (χ2n) is 6.45. The number of alkyl halides is 6. The predicted octanol–water partition coefficient (Wildman–Crippen LogP) is 3.02. The van der Waals surface area contributed by atoms with Gasteiger partial charge in [0.05, 0.1) is 24.8 Å². The highest BCUT2D eigenvalue weighted by Gasteiger charge is 2.37. The summed E-state index contributed by atoms with van der Waals surface area (Å²) in [4.78, 5) is 29.6. The number of hydrogen-bond donors (Lipinski definition) is 1. The summed E-state index contributed by atoms with van der Waals surface area (Å²) in [5.74, 6) is -1.05. The molecule has 176 valence electrons. The summed E-state index contributed by atoms with van der Waals surface area (Å²) in [5, 5.41) is 7.54. The number of nitrogens with one attached hydrogen (secondary N) is 1. The molecule has 0 bridgehead atoms. The van der Waals surface area contributed by atoms with E-state index in [-0.39, 0.29) is 23.8 Å². The van der Waals surface area contributed by atoms with Crippen molar-refractivity contribution in [1.82, 2.24) is 30.0 Å². The zero-order valence-corrected chi connectivity index (χ0v) is 16.9. The normalized spacial score (nSPS) is 12.0. The van der Waals surface area contributed by atoms with Crippen molar-refractivity contribution < 1.29 is 36.0 Å². The van der Waals surface area contributed by atoms with Crippen molar-refractivity contribution >= 4 is 11.9 Å². The molecule has 9 nitrogen and oxygen atoms in total. The molecule has 0 saturated heterocycles. The van der Waals surface area contributed by atoms with Gasteiger partial charge in [-0.05, 0) is 24.3 Å². The van der Waals surface area contributed by atoms with Crippen LogP contribution in [0.25, 0.3) is 5.95 Å². The molecule has 0 atom stereocenters. The van der Waals surface area contributed by atoms with Crippen molar-refractivity contribution in [3.8, 4) is 5.95 Å². The first kappa shape index (κ1) is 23.9. The van der Waals surface area contributed by atoms with Gasteiger partial charge in [-0.1, -0.05) is 0 Å². The average molecular weight is 475 g/mol. The van der Waals surface area contributed by atoms with Crippen molar-refractivity contribution in [3.05, 3.63) is 59.2 Å². The molecule has 2 aromatic heterocycles. The maximum Gasteiger partial charge on any atom is 0.416 e. The van der Waals surface area contributed by atoms with Gasteiger partial charge in [-0.3, -0.25) is 9.63 Å². The van der Waals surface area contributed by atoms with E-state index < -0.39 is 41.5 Å². The fourth-order valence-electron chi connectivity index (χ4n) is 2.57. The SMILES string of the molecule is CON(C)c1nc(CNC(=O)c2cc(C(F)(F)F)cc(C(F)(F)F)c2)n(-c2ncccn2)n1. The minimum Gasteiger partial charge on any atom is -0.345 e. The third kappa shape index (κ3) is 5.54. The molecule has 3 rings (SSSR count). The van der Waals surface area contributed by atoms with Gasteiger partial charge in [-0.2, -0.15) is 36.0 Å². The standard InChI is InChI=1S/C18H15F6N7O2/c1-30(33-2)16-28-13(31(29-16)15-25-4-3-5-26-15)9-27-14(32)10-6-11(17(19,20)21)8-12(7-10)18(22,23)24/h3-8H,9H2,1-2H3,(H,27,32). The van der Waals surface area contributed by atoms with Crippen LogP contribution in [0.5, 0.6) is 0 Å².